The van der Waals surface area contributed by atoms with Crippen LogP contribution in [0.25, 0.3) is 0 Å². The summed E-state index contributed by atoms with van der Waals surface area (Å²) < 4.78 is 4.96. The number of hydrogen-bond donors (Lipinski definition) is 3. The van der Waals surface area contributed by atoms with Crippen LogP contribution in [0.15, 0.2) is 5.38 Å². The Kier molecular flexibility index (Phi) is 6.26. The first-order valence-corrected chi connectivity index (χ1v) is 6.23. The molecule has 0 spiro atoms. The van der Waals surface area contributed by atoms with E-state index in [4.69, 9.17) is 15.6 Å². The van der Waals surface area contributed by atoms with E-state index < -0.39 is 5.97 Å². The van der Waals surface area contributed by atoms with Crippen molar-refractivity contribution in [2.75, 3.05) is 26.3 Å². The van der Waals surface area contributed by atoms with Crippen LogP contribution in [0.5, 0.6) is 0 Å². The molecule has 0 aliphatic carbocycles. The lowest BCUT2D eigenvalue weighted by Gasteiger charge is -2.04. The molecule has 0 bridgehead atoms. The molecule has 1 amide bonds. The number of carboxylic acid groups (broad SMARTS) is 1. The molecule has 4 N–H and O–H groups in total. The molecule has 1 aromatic rings. The molecule has 0 radical (unpaired) electrons. The normalized spacial score (nSPS) is 10.3. The number of carbonyl (C=O) groups is 2. The molecule has 0 aliphatic heterocycles. The van der Waals surface area contributed by atoms with Gasteiger partial charge in [-0.1, -0.05) is 0 Å². The summed E-state index contributed by atoms with van der Waals surface area (Å²) in [6.45, 7) is 1.11. The highest BCUT2D eigenvalue weighted by molar-refractivity contribution is 7.09. The number of nitrogens with two attached hydrogens (primary N) is 1. The zero-order valence-electron chi connectivity index (χ0n) is 9.72. The van der Waals surface area contributed by atoms with Crippen molar-refractivity contribution < 1.29 is 19.4 Å². The number of ether oxygens (including phenoxy) is 1. The van der Waals surface area contributed by atoms with Gasteiger partial charge in [-0.2, -0.15) is 0 Å². The van der Waals surface area contributed by atoms with Crippen LogP contribution >= 0.6 is 11.3 Å². The molecule has 1 heterocycles. The summed E-state index contributed by atoms with van der Waals surface area (Å²) in [5.74, 6) is -1.27. The molecule has 1 rings (SSSR count). The third-order valence-electron chi connectivity index (χ3n) is 1.93. The number of hydrogen-bond acceptors (Lipinski definition) is 6. The van der Waals surface area contributed by atoms with Crippen molar-refractivity contribution in [1.29, 1.82) is 0 Å². The smallest absolute Gasteiger partial charge is 0.355 e. The third kappa shape index (κ3) is 5.21. The monoisotopic (exact) mass is 273 g/mol. The Hall–Kier alpha value is -1.51. The molecular formula is C10H15N3O4S. The van der Waals surface area contributed by atoms with Crippen molar-refractivity contribution in [2.45, 2.75) is 6.42 Å². The molecule has 0 saturated heterocycles. The second-order valence-electron chi connectivity index (χ2n) is 3.37. The minimum absolute atomic E-state index is 0.0184. The van der Waals surface area contributed by atoms with E-state index >= 15 is 0 Å². The first-order valence-electron chi connectivity index (χ1n) is 5.35. The Morgan fingerprint density at radius 1 is 1.56 bits per heavy atom. The van der Waals surface area contributed by atoms with Crippen molar-refractivity contribution in [3.05, 3.63) is 16.1 Å². The molecule has 1 aromatic heterocycles. The average Bonchev–Trinajstić information content (AvgIpc) is 2.78. The van der Waals surface area contributed by atoms with Gasteiger partial charge in [-0.3, -0.25) is 4.79 Å². The molecule has 7 nitrogen and oxygen atoms in total. The summed E-state index contributed by atoms with van der Waals surface area (Å²) in [5, 5.41) is 13.5. The van der Waals surface area contributed by atoms with Crippen LogP contribution in [-0.4, -0.2) is 48.3 Å². The molecular weight excluding hydrogens is 258 g/mol. The Morgan fingerprint density at radius 2 is 2.33 bits per heavy atom. The van der Waals surface area contributed by atoms with Crippen LogP contribution in [0.1, 0.15) is 15.5 Å². The first-order chi connectivity index (χ1) is 8.63. The maximum atomic E-state index is 11.2. The lowest BCUT2D eigenvalue weighted by molar-refractivity contribution is -0.125. The van der Waals surface area contributed by atoms with Crippen LogP contribution in [0.4, 0.5) is 0 Å². The lowest BCUT2D eigenvalue weighted by atomic mass is 10.4. The van der Waals surface area contributed by atoms with Gasteiger partial charge in [0.2, 0.25) is 5.91 Å². The standard InChI is InChI=1S/C10H15N3O4S/c11-2-4-17-5-8(14)12-3-1-9-13-7(6-18-9)10(15)16/h6H,1-5,11H2,(H,12,14)(H,15,16). The highest BCUT2D eigenvalue weighted by Crippen LogP contribution is 2.09. The molecule has 0 aliphatic rings. The number of aromatic carboxylic acids is 1. The van der Waals surface area contributed by atoms with Gasteiger partial charge in [-0.15, -0.1) is 11.3 Å². The number of carboxylic acids is 1. The number of rotatable bonds is 8. The summed E-state index contributed by atoms with van der Waals surface area (Å²) in [6.07, 6.45) is 0.501. The Morgan fingerprint density at radius 3 is 2.94 bits per heavy atom. The van der Waals surface area contributed by atoms with E-state index in [-0.39, 0.29) is 18.2 Å². The van der Waals surface area contributed by atoms with Crippen LogP contribution < -0.4 is 11.1 Å². The zero-order valence-corrected chi connectivity index (χ0v) is 10.5. The summed E-state index contributed by atoms with van der Waals surface area (Å²) in [4.78, 5) is 25.7. The minimum Gasteiger partial charge on any atom is -0.476 e. The molecule has 0 atom stereocenters. The van der Waals surface area contributed by atoms with Crippen molar-refractivity contribution in [1.82, 2.24) is 10.3 Å². The van der Waals surface area contributed by atoms with Gasteiger partial charge in [-0.25, -0.2) is 9.78 Å². The van der Waals surface area contributed by atoms with Crippen molar-refractivity contribution in [3.63, 3.8) is 0 Å². The number of carbonyl (C=O) groups excluding carboxylic acids is 1. The fraction of sp³-hybridized carbons (Fsp3) is 0.500. The second kappa shape index (κ2) is 7.75. The van der Waals surface area contributed by atoms with E-state index in [1.807, 2.05) is 0 Å². The van der Waals surface area contributed by atoms with Crippen molar-refractivity contribution in [2.24, 2.45) is 5.73 Å². The quantitative estimate of drug-likeness (QED) is 0.549. The van der Waals surface area contributed by atoms with E-state index in [2.05, 4.69) is 10.3 Å². The predicted molar refractivity (Wildman–Crippen MR) is 65.7 cm³/mol. The van der Waals surface area contributed by atoms with Crippen molar-refractivity contribution in [3.8, 4) is 0 Å². The SMILES string of the molecule is NCCOCC(=O)NCCc1nc(C(=O)O)cs1. The molecule has 8 heteroatoms. The first kappa shape index (κ1) is 14.6. The highest BCUT2D eigenvalue weighted by Gasteiger charge is 2.08. The molecule has 0 saturated carbocycles. The number of nitrogens with zero attached hydrogens (tertiary/aromatic N) is 1. The largest absolute Gasteiger partial charge is 0.476 e. The minimum atomic E-state index is -1.04. The Balaban J connectivity index is 2.20. The molecule has 100 valence electrons. The van der Waals surface area contributed by atoms with Crippen LogP contribution in [0, 0.1) is 0 Å². The van der Waals surface area contributed by atoms with Gasteiger partial charge in [0.25, 0.3) is 0 Å². The predicted octanol–water partition coefficient (Wildman–Crippen LogP) is -0.525. The maximum absolute atomic E-state index is 11.2. The summed E-state index contributed by atoms with van der Waals surface area (Å²) >= 11 is 1.26. The topological polar surface area (TPSA) is 115 Å². The average molecular weight is 273 g/mol. The highest BCUT2D eigenvalue weighted by atomic mass is 32.1. The fourth-order valence-corrected chi connectivity index (χ4v) is 1.90. The van der Waals surface area contributed by atoms with Crippen LogP contribution in [-0.2, 0) is 16.0 Å². The number of amides is 1. The number of aromatic nitrogens is 1. The maximum Gasteiger partial charge on any atom is 0.355 e. The van der Waals surface area contributed by atoms with Crippen LogP contribution in [0.3, 0.4) is 0 Å². The van der Waals surface area contributed by atoms with E-state index in [1.54, 1.807) is 0 Å². The zero-order chi connectivity index (χ0) is 13.4. The van der Waals surface area contributed by atoms with Gasteiger partial charge < -0.3 is 20.9 Å². The van der Waals surface area contributed by atoms with Gasteiger partial charge in [0.1, 0.15) is 6.61 Å². The van der Waals surface area contributed by atoms with Gasteiger partial charge in [0, 0.05) is 24.9 Å². The van der Waals surface area contributed by atoms with Gasteiger partial charge in [0.05, 0.1) is 11.6 Å². The Labute approximate surface area is 108 Å². The van der Waals surface area contributed by atoms with E-state index in [9.17, 15) is 9.59 Å². The molecule has 0 aromatic carbocycles. The van der Waals surface area contributed by atoms with Gasteiger partial charge in [-0.05, 0) is 0 Å². The van der Waals surface area contributed by atoms with E-state index in [1.165, 1.54) is 16.7 Å². The number of nitrogens with one attached hydrogen (secondary N) is 1. The molecule has 18 heavy (non-hydrogen) atoms. The molecule has 0 unspecified atom stereocenters. The van der Waals surface area contributed by atoms with Crippen LogP contribution in [0.2, 0.25) is 0 Å². The second-order valence-corrected chi connectivity index (χ2v) is 4.32. The van der Waals surface area contributed by atoms with E-state index in [0.29, 0.717) is 31.1 Å². The lowest BCUT2D eigenvalue weighted by Crippen LogP contribution is -2.30. The van der Waals surface area contributed by atoms with E-state index in [0.717, 1.165) is 0 Å². The summed E-state index contributed by atoms with van der Waals surface area (Å²) in [5.41, 5.74) is 5.24. The van der Waals surface area contributed by atoms with Crippen molar-refractivity contribution >= 4 is 23.2 Å². The molecule has 0 fully saturated rings. The van der Waals surface area contributed by atoms with Gasteiger partial charge >= 0.3 is 5.97 Å². The fourth-order valence-electron chi connectivity index (χ4n) is 1.13. The summed E-state index contributed by atoms with van der Waals surface area (Å²) in [7, 11) is 0. The Bertz CT molecular complexity index is 408. The summed E-state index contributed by atoms with van der Waals surface area (Å²) in [6, 6.07) is 0. The third-order valence-corrected chi connectivity index (χ3v) is 2.84. The van der Waals surface area contributed by atoms with Gasteiger partial charge in [0.15, 0.2) is 5.69 Å². The number of thiazole rings is 1.